The van der Waals surface area contributed by atoms with Crippen LogP contribution in [0.4, 0.5) is 0 Å². The van der Waals surface area contributed by atoms with Crippen LogP contribution in [0.1, 0.15) is 60.2 Å². The summed E-state index contributed by atoms with van der Waals surface area (Å²) in [7, 11) is 0. The Kier molecular flexibility index (Phi) is 7.62. The van der Waals surface area contributed by atoms with Crippen molar-refractivity contribution >= 4 is 17.6 Å². The third-order valence-corrected chi connectivity index (χ3v) is 3.89. The van der Waals surface area contributed by atoms with E-state index in [0.29, 0.717) is 19.4 Å². The first-order valence-corrected chi connectivity index (χ1v) is 8.44. The van der Waals surface area contributed by atoms with Crippen molar-refractivity contribution in [1.29, 1.82) is 0 Å². The summed E-state index contributed by atoms with van der Waals surface area (Å²) >= 11 is 0. The van der Waals surface area contributed by atoms with E-state index in [2.05, 4.69) is 10.6 Å². The van der Waals surface area contributed by atoms with E-state index in [-0.39, 0.29) is 24.0 Å². The molecule has 0 spiro atoms. The van der Waals surface area contributed by atoms with E-state index in [9.17, 15) is 14.4 Å². The van der Waals surface area contributed by atoms with Crippen molar-refractivity contribution in [3.8, 4) is 0 Å². The lowest BCUT2D eigenvalue weighted by Crippen LogP contribution is -2.44. The van der Waals surface area contributed by atoms with Gasteiger partial charge in [0.1, 0.15) is 6.04 Å². The van der Waals surface area contributed by atoms with Crippen molar-refractivity contribution in [3.63, 3.8) is 0 Å². The van der Waals surface area contributed by atoms with E-state index in [0.717, 1.165) is 22.3 Å². The minimum absolute atomic E-state index is 0.0644. The van der Waals surface area contributed by atoms with Crippen LogP contribution in [0.3, 0.4) is 0 Å². The van der Waals surface area contributed by atoms with Crippen LogP contribution in [-0.4, -0.2) is 30.2 Å². The number of nitrogens with one attached hydrogen (secondary N) is 2. The zero-order chi connectivity index (χ0) is 18.3. The van der Waals surface area contributed by atoms with Gasteiger partial charge < -0.3 is 10.6 Å². The van der Waals surface area contributed by atoms with Gasteiger partial charge >= 0.3 is 0 Å². The minimum Gasteiger partial charge on any atom is -0.355 e. The molecule has 0 aliphatic carbocycles. The molecule has 2 amide bonds. The molecule has 0 fully saturated rings. The number of carbonyl (C=O) groups is 3. The average molecular weight is 332 g/mol. The number of Topliss-reactive ketones (excluding diaryl/α,β-unsaturated/α-hetero) is 1. The molecule has 0 radical (unpaired) electrons. The van der Waals surface area contributed by atoms with Gasteiger partial charge in [0.15, 0.2) is 5.78 Å². The molecular formula is C19H28N2O3. The number of hydrogen-bond donors (Lipinski definition) is 2. The second-order valence-corrected chi connectivity index (χ2v) is 6.23. The van der Waals surface area contributed by atoms with Gasteiger partial charge in [0.05, 0.1) is 0 Å². The molecule has 1 aromatic carbocycles. The quantitative estimate of drug-likeness (QED) is 0.719. The number of ketones is 1. The fourth-order valence-corrected chi connectivity index (χ4v) is 2.86. The molecule has 5 nitrogen and oxygen atoms in total. The SMILES string of the molecule is CCNC(=O)C(C)NC(=O)CCCC(=O)c1c(C)cc(C)cc1C. The lowest BCUT2D eigenvalue weighted by Gasteiger charge is -2.13. The first-order chi connectivity index (χ1) is 11.3. The second kappa shape index (κ2) is 9.21. The Bertz CT molecular complexity index is 600. The summed E-state index contributed by atoms with van der Waals surface area (Å²) in [5.74, 6) is -0.346. The van der Waals surface area contributed by atoms with Gasteiger partial charge in [-0.25, -0.2) is 0 Å². The molecule has 0 aliphatic heterocycles. The predicted molar refractivity (Wildman–Crippen MR) is 95.1 cm³/mol. The molecule has 5 heteroatoms. The van der Waals surface area contributed by atoms with Crippen LogP contribution in [0, 0.1) is 20.8 Å². The topological polar surface area (TPSA) is 75.3 Å². The zero-order valence-electron chi connectivity index (χ0n) is 15.3. The summed E-state index contributed by atoms with van der Waals surface area (Å²) < 4.78 is 0. The van der Waals surface area contributed by atoms with Crippen molar-refractivity contribution in [2.75, 3.05) is 6.54 Å². The number of likely N-dealkylation sites (N-methyl/N-ethyl adjacent to an activating group) is 1. The fraction of sp³-hybridized carbons (Fsp3) is 0.526. The van der Waals surface area contributed by atoms with Crippen molar-refractivity contribution in [3.05, 3.63) is 34.4 Å². The van der Waals surface area contributed by atoms with E-state index < -0.39 is 6.04 Å². The molecule has 0 saturated heterocycles. The highest BCUT2D eigenvalue weighted by molar-refractivity contribution is 5.99. The normalized spacial score (nSPS) is 11.7. The van der Waals surface area contributed by atoms with Gasteiger partial charge in [-0.3, -0.25) is 14.4 Å². The number of aryl methyl sites for hydroxylation is 3. The highest BCUT2D eigenvalue weighted by Crippen LogP contribution is 2.19. The first kappa shape index (κ1) is 19.9. The van der Waals surface area contributed by atoms with Crippen LogP contribution in [0.25, 0.3) is 0 Å². The van der Waals surface area contributed by atoms with Gasteiger partial charge in [-0.15, -0.1) is 0 Å². The van der Waals surface area contributed by atoms with Crippen LogP contribution in [0.5, 0.6) is 0 Å². The van der Waals surface area contributed by atoms with Crippen molar-refractivity contribution in [2.24, 2.45) is 0 Å². The first-order valence-electron chi connectivity index (χ1n) is 8.44. The zero-order valence-corrected chi connectivity index (χ0v) is 15.3. The Hall–Kier alpha value is -2.17. The Morgan fingerprint density at radius 2 is 1.62 bits per heavy atom. The summed E-state index contributed by atoms with van der Waals surface area (Å²) in [5, 5.41) is 5.30. The summed E-state index contributed by atoms with van der Waals surface area (Å²) in [4.78, 5) is 35.8. The van der Waals surface area contributed by atoms with Crippen molar-refractivity contribution < 1.29 is 14.4 Å². The summed E-state index contributed by atoms with van der Waals surface area (Å²) in [6.45, 7) is 9.89. The lowest BCUT2D eigenvalue weighted by atomic mass is 9.94. The average Bonchev–Trinajstić information content (AvgIpc) is 2.46. The molecule has 0 aromatic heterocycles. The number of benzene rings is 1. The monoisotopic (exact) mass is 332 g/mol. The molecular weight excluding hydrogens is 304 g/mol. The molecule has 1 aromatic rings. The smallest absolute Gasteiger partial charge is 0.242 e. The molecule has 132 valence electrons. The van der Waals surface area contributed by atoms with E-state index in [1.807, 2.05) is 39.8 Å². The number of rotatable bonds is 8. The van der Waals surface area contributed by atoms with E-state index in [1.165, 1.54) is 0 Å². The largest absolute Gasteiger partial charge is 0.355 e. The standard InChI is InChI=1S/C19H28N2O3/c1-6-20-19(24)15(5)21-17(23)9-7-8-16(22)18-13(3)10-12(2)11-14(18)4/h10-11,15H,6-9H2,1-5H3,(H,20,24)(H,21,23). The van der Waals surface area contributed by atoms with Gasteiger partial charge in [0, 0.05) is 24.9 Å². The molecule has 1 rings (SSSR count). The molecule has 0 saturated carbocycles. The maximum Gasteiger partial charge on any atom is 0.242 e. The summed E-state index contributed by atoms with van der Waals surface area (Å²) in [6.07, 6.45) is 1.03. The predicted octanol–water partition coefficient (Wildman–Crippen LogP) is 2.61. The molecule has 2 N–H and O–H groups in total. The summed E-state index contributed by atoms with van der Waals surface area (Å²) in [6, 6.07) is 3.44. The van der Waals surface area contributed by atoms with Gasteiger partial charge in [0.25, 0.3) is 0 Å². The highest BCUT2D eigenvalue weighted by atomic mass is 16.2. The maximum atomic E-state index is 12.4. The fourth-order valence-electron chi connectivity index (χ4n) is 2.86. The van der Waals surface area contributed by atoms with Gasteiger partial charge in [-0.1, -0.05) is 17.7 Å². The number of hydrogen-bond acceptors (Lipinski definition) is 3. The molecule has 1 unspecified atom stereocenters. The molecule has 0 bridgehead atoms. The molecule has 24 heavy (non-hydrogen) atoms. The van der Waals surface area contributed by atoms with Gasteiger partial charge in [0.2, 0.25) is 11.8 Å². The molecule has 0 heterocycles. The molecule has 1 atom stereocenters. The van der Waals surface area contributed by atoms with Gasteiger partial charge in [-0.2, -0.15) is 0 Å². The highest BCUT2D eigenvalue weighted by Gasteiger charge is 2.16. The second-order valence-electron chi connectivity index (χ2n) is 6.23. The Balaban J connectivity index is 2.49. The third-order valence-electron chi connectivity index (χ3n) is 3.89. The number of carbonyl (C=O) groups excluding carboxylic acids is 3. The Labute approximate surface area is 144 Å². The van der Waals surface area contributed by atoms with Crippen LogP contribution >= 0.6 is 0 Å². The maximum absolute atomic E-state index is 12.4. The van der Waals surface area contributed by atoms with Crippen molar-refractivity contribution in [1.82, 2.24) is 10.6 Å². The van der Waals surface area contributed by atoms with Gasteiger partial charge in [-0.05, 0) is 52.2 Å². The van der Waals surface area contributed by atoms with Crippen LogP contribution in [0.15, 0.2) is 12.1 Å². The van der Waals surface area contributed by atoms with Crippen molar-refractivity contribution in [2.45, 2.75) is 59.9 Å². The van der Waals surface area contributed by atoms with E-state index in [1.54, 1.807) is 6.92 Å². The lowest BCUT2D eigenvalue weighted by molar-refractivity contribution is -0.128. The van der Waals surface area contributed by atoms with Crippen LogP contribution < -0.4 is 10.6 Å². The van der Waals surface area contributed by atoms with Crippen LogP contribution in [-0.2, 0) is 9.59 Å². The Morgan fingerprint density at radius 3 is 2.17 bits per heavy atom. The van der Waals surface area contributed by atoms with E-state index >= 15 is 0 Å². The third kappa shape index (κ3) is 5.80. The molecule has 0 aliphatic rings. The van der Waals surface area contributed by atoms with E-state index in [4.69, 9.17) is 0 Å². The minimum atomic E-state index is -0.560. The Morgan fingerprint density at radius 1 is 1.04 bits per heavy atom. The summed E-state index contributed by atoms with van der Waals surface area (Å²) in [5.41, 5.74) is 3.86. The number of amides is 2. The van der Waals surface area contributed by atoms with Crippen LogP contribution in [0.2, 0.25) is 0 Å².